The standard InChI is InChI=1S/C16H16FN3O2/c1-9-10(2)20-11(7-14(19-20)16(21)22)8-18-15(9)12-5-3-4-6-13(12)17/h3-7,9-10H,8H2,1-2H3,(H,21,22)/t9-,10?/m0/s1. The minimum absolute atomic E-state index is 0.0126. The summed E-state index contributed by atoms with van der Waals surface area (Å²) < 4.78 is 15.7. The minimum atomic E-state index is -1.06. The van der Waals surface area contributed by atoms with Crippen LogP contribution in [-0.2, 0) is 6.54 Å². The molecule has 2 atom stereocenters. The highest BCUT2D eigenvalue weighted by Crippen LogP contribution is 2.28. The van der Waals surface area contributed by atoms with Crippen molar-refractivity contribution in [3.8, 4) is 0 Å². The molecule has 0 fully saturated rings. The number of hydrogen-bond donors (Lipinski definition) is 1. The molecular weight excluding hydrogens is 285 g/mol. The van der Waals surface area contributed by atoms with Crippen LogP contribution in [0.2, 0.25) is 0 Å². The van der Waals surface area contributed by atoms with Gasteiger partial charge in [0.2, 0.25) is 0 Å². The topological polar surface area (TPSA) is 67.5 Å². The molecular formula is C16H16FN3O2. The largest absolute Gasteiger partial charge is 0.476 e. The molecule has 1 N–H and O–H groups in total. The highest BCUT2D eigenvalue weighted by atomic mass is 19.1. The number of benzene rings is 1. The Morgan fingerprint density at radius 2 is 2.09 bits per heavy atom. The zero-order chi connectivity index (χ0) is 15.9. The summed E-state index contributed by atoms with van der Waals surface area (Å²) in [6, 6.07) is 7.98. The molecule has 1 aliphatic rings. The van der Waals surface area contributed by atoms with Crippen LogP contribution in [-0.4, -0.2) is 26.6 Å². The van der Waals surface area contributed by atoms with Crippen LogP contribution >= 0.6 is 0 Å². The van der Waals surface area contributed by atoms with E-state index in [-0.39, 0.29) is 23.5 Å². The first kappa shape index (κ1) is 14.4. The van der Waals surface area contributed by atoms with Crippen molar-refractivity contribution in [1.29, 1.82) is 0 Å². The van der Waals surface area contributed by atoms with Crippen LogP contribution in [0.15, 0.2) is 35.3 Å². The van der Waals surface area contributed by atoms with Crippen molar-refractivity contribution >= 4 is 11.7 Å². The van der Waals surface area contributed by atoms with Gasteiger partial charge in [0.1, 0.15) is 5.82 Å². The second-order valence-electron chi connectivity index (χ2n) is 5.48. The molecule has 1 aromatic carbocycles. The number of fused-ring (bicyclic) bond motifs is 1. The summed E-state index contributed by atoms with van der Waals surface area (Å²) in [6.45, 7) is 4.18. The lowest BCUT2D eigenvalue weighted by molar-refractivity contribution is 0.0689. The monoisotopic (exact) mass is 301 g/mol. The van der Waals surface area contributed by atoms with Crippen LogP contribution in [0.5, 0.6) is 0 Å². The number of aromatic nitrogens is 2. The van der Waals surface area contributed by atoms with Gasteiger partial charge in [0.15, 0.2) is 5.69 Å². The maximum Gasteiger partial charge on any atom is 0.356 e. The van der Waals surface area contributed by atoms with E-state index in [1.165, 1.54) is 12.1 Å². The van der Waals surface area contributed by atoms with E-state index in [0.717, 1.165) is 5.69 Å². The molecule has 0 spiro atoms. The Morgan fingerprint density at radius 3 is 2.77 bits per heavy atom. The van der Waals surface area contributed by atoms with E-state index in [2.05, 4.69) is 10.1 Å². The molecule has 0 radical (unpaired) electrons. The van der Waals surface area contributed by atoms with Crippen LogP contribution in [0.1, 0.15) is 41.6 Å². The van der Waals surface area contributed by atoms with E-state index in [0.29, 0.717) is 17.8 Å². The number of halogens is 1. The van der Waals surface area contributed by atoms with Crippen molar-refractivity contribution in [1.82, 2.24) is 9.78 Å². The molecule has 0 amide bonds. The Morgan fingerprint density at radius 1 is 1.36 bits per heavy atom. The predicted octanol–water partition coefficient (Wildman–Crippen LogP) is 2.92. The van der Waals surface area contributed by atoms with E-state index in [1.54, 1.807) is 22.9 Å². The van der Waals surface area contributed by atoms with Gasteiger partial charge in [-0.2, -0.15) is 5.10 Å². The number of carboxylic acids is 1. The molecule has 6 heteroatoms. The second kappa shape index (κ2) is 5.36. The Kier molecular flexibility index (Phi) is 3.52. The van der Waals surface area contributed by atoms with Crippen molar-refractivity contribution in [3.05, 3.63) is 53.1 Å². The first-order chi connectivity index (χ1) is 10.5. The zero-order valence-corrected chi connectivity index (χ0v) is 12.3. The zero-order valence-electron chi connectivity index (χ0n) is 12.3. The molecule has 0 saturated heterocycles. The van der Waals surface area contributed by atoms with Gasteiger partial charge in [-0.05, 0) is 19.1 Å². The van der Waals surface area contributed by atoms with E-state index < -0.39 is 5.97 Å². The first-order valence-electron chi connectivity index (χ1n) is 7.10. The Bertz CT molecular complexity index is 767. The lowest BCUT2D eigenvalue weighted by Gasteiger charge is -2.21. The number of hydrogen-bond acceptors (Lipinski definition) is 3. The summed E-state index contributed by atoms with van der Waals surface area (Å²) in [7, 11) is 0. The molecule has 2 aromatic rings. The first-order valence-corrected chi connectivity index (χ1v) is 7.10. The van der Waals surface area contributed by atoms with Crippen LogP contribution < -0.4 is 0 Å². The number of aliphatic imine (C=N–C) groups is 1. The van der Waals surface area contributed by atoms with Crippen molar-refractivity contribution in [2.75, 3.05) is 0 Å². The summed E-state index contributed by atoms with van der Waals surface area (Å²) >= 11 is 0. The third-order valence-corrected chi connectivity index (χ3v) is 4.13. The summed E-state index contributed by atoms with van der Waals surface area (Å²) in [5.41, 5.74) is 1.92. The normalized spacial score (nSPS) is 21.0. The summed E-state index contributed by atoms with van der Waals surface area (Å²) in [4.78, 5) is 15.6. The average Bonchev–Trinajstić information content (AvgIpc) is 2.88. The molecule has 2 heterocycles. The van der Waals surface area contributed by atoms with Crippen molar-refractivity contribution in [2.24, 2.45) is 10.9 Å². The lowest BCUT2D eigenvalue weighted by Crippen LogP contribution is -2.23. The third-order valence-electron chi connectivity index (χ3n) is 4.13. The van der Waals surface area contributed by atoms with Gasteiger partial charge in [-0.1, -0.05) is 25.1 Å². The van der Waals surface area contributed by atoms with Gasteiger partial charge in [0, 0.05) is 11.5 Å². The van der Waals surface area contributed by atoms with Crippen molar-refractivity contribution in [2.45, 2.75) is 26.4 Å². The molecule has 1 aromatic heterocycles. The molecule has 0 saturated carbocycles. The maximum absolute atomic E-state index is 14.1. The summed E-state index contributed by atoms with van der Waals surface area (Å²) in [6.07, 6.45) is 0. The molecule has 22 heavy (non-hydrogen) atoms. The fourth-order valence-corrected chi connectivity index (χ4v) is 2.76. The maximum atomic E-state index is 14.1. The molecule has 3 rings (SSSR count). The van der Waals surface area contributed by atoms with Crippen molar-refractivity contribution in [3.63, 3.8) is 0 Å². The number of carbonyl (C=O) groups is 1. The highest BCUT2D eigenvalue weighted by Gasteiger charge is 2.28. The van der Waals surface area contributed by atoms with E-state index in [1.807, 2.05) is 13.8 Å². The SMILES string of the molecule is CC1[C@H](C)C(c2ccccc2F)=NCc2cc(C(=O)O)nn21. The Labute approximate surface area is 127 Å². The lowest BCUT2D eigenvalue weighted by atomic mass is 9.92. The van der Waals surface area contributed by atoms with E-state index >= 15 is 0 Å². The number of carboxylic acid groups (broad SMARTS) is 1. The van der Waals surface area contributed by atoms with Crippen LogP contribution in [0.3, 0.4) is 0 Å². The Balaban J connectivity index is 2.05. The summed E-state index contributed by atoms with van der Waals surface area (Å²) in [5, 5.41) is 13.2. The molecule has 1 aliphatic heterocycles. The molecule has 0 aliphatic carbocycles. The Hall–Kier alpha value is -2.50. The van der Waals surface area contributed by atoms with Gasteiger partial charge >= 0.3 is 5.97 Å². The van der Waals surface area contributed by atoms with Gasteiger partial charge in [-0.25, -0.2) is 9.18 Å². The van der Waals surface area contributed by atoms with Gasteiger partial charge < -0.3 is 5.11 Å². The van der Waals surface area contributed by atoms with Gasteiger partial charge in [-0.15, -0.1) is 0 Å². The van der Waals surface area contributed by atoms with Gasteiger partial charge in [0.25, 0.3) is 0 Å². The van der Waals surface area contributed by atoms with E-state index in [4.69, 9.17) is 5.11 Å². The number of aromatic carboxylic acids is 1. The number of nitrogens with zero attached hydrogens (tertiary/aromatic N) is 3. The third kappa shape index (κ3) is 2.30. The molecule has 1 unspecified atom stereocenters. The minimum Gasteiger partial charge on any atom is -0.476 e. The second-order valence-corrected chi connectivity index (χ2v) is 5.48. The molecule has 114 valence electrons. The van der Waals surface area contributed by atoms with Crippen molar-refractivity contribution < 1.29 is 14.3 Å². The highest BCUT2D eigenvalue weighted by molar-refractivity contribution is 6.02. The quantitative estimate of drug-likeness (QED) is 0.927. The number of rotatable bonds is 2. The van der Waals surface area contributed by atoms with Gasteiger partial charge in [0.05, 0.1) is 24.0 Å². The van der Waals surface area contributed by atoms with Crippen LogP contribution in [0.4, 0.5) is 4.39 Å². The summed E-state index contributed by atoms with van der Waals surface area (Å²) in [5.74, 6) is -1.44. The van der Waals surface area contributed by atoms with Crippen LogP contribution in [0.25, 0.3) is 0 Å². The molecule has 5 nitrogen and oxygen atoms in total. The van der Waals surface area contributed by atoms with Crippen LogP contribution in [0, 0.1) is 11.7 Å². The fourth-order valence-electron chi connectivity index (χ4n) is 2.76. The van der Waals surface area contributed by atoms with Gasteiger partial charge in [-0.3, -0.25) is 9.67 Å². The van der Waals surface area contributed by atoms with E-state index in [9.17, 15) is 9.18 Å². The predicted molar refractivity (Wildman–Crippen MR) is 79.7 cm³/mol. The fraction of sp³-hybridized carbons (Fsp3) is 0.312. The average molecular weight is 301 g/mol. The smallest absolute Gasteiger partial charge is 0.356 e. The molecule has 0 bridgehead atoms.